The molecule has 8 heteroatoms. The number of hydrogen-bond donors (Lipinski definition) is 1. The molecule has 0 fully saturated rings. The molecule has 0 unspecified atom stereocenters. The van der Waals surface area contributed by atoms with Gasteiger partial charge in [-0.25, -0.2) is 17.6 Å². The molecule has 0 aliphatic rings. The van der Waals surface area contributed by atoms with E-state index < -0.39 is 26.5 Å². The van der Waals surface area contributed by atoms with Crippen LogP contribution in [-0.4, -0.2) is 30.9 Å². The Morgan fingerprint density at radius 3 is 2.53 bits per heavy atom. The van der Waals surface area contributed by atoms with E-state index in [1.54, 1.807) is 0 Å². The summed E-state index contributed by atoms with van der Waals surface area (Å²) in [7, 11) is -3.66. The minimum absolute atomic E-state index is 0.0383. The number of aromatic nitrogens is 1. The van der Waals surface area contributed by atoms with Crippen LogP contribution in [0.2, 0.25) is 0 Å². The van der Waals surface area contributed by atoms with Gasteiger partial charge in [-0.1, -0.05) is 5.16 Å². The normalized spacial score (nSPS) is 11.5. The van der Waals surface area contributed by atoms with Crippen LogP contribution in [0.5, 0.6) is 0 Å². The first kappa shape index (κ1) is 13.2. The largest absolute Gasteiger partial charge is 0.476 e. The molecule has 2 aromatic rings. The zero-order chi connectivity index (χ0) is 14.2. The molecule has 0 atom stereocenters. The van der Waals surface area contributed by atoms with E-state index in [0.717, 1.165) is 24.5 Å². The molecule has 0 saturated carbocycles. The predicted molar refractivity (Wildman–Crippen MR) is 62.0 cm³/mol. The van der Waals surface area contributed by atoms with E-state index in [1.165, 1.54) is 6.07 Å². The minimum atomic E-state index is -3.66. The number of carbonyl (C=O) groups is 1. The van der Waals surface area contributed by atoms with Gasteiger partial charge in [0.25, 0.3) is 0 Å². The predicted octanol–water partition coefficient (Wildman–Crippen LogP) is 1.58. The summed E-state index contributed by atoms with van der Waals surface area (Å²) in [5.41, 5.74) is -0.118. The second kappa shape index (κ2) is 4.47. The number of carboxylic acid groups (broad SMARTS) is 1. The topological polar surface area (TPSA) is 97.5 Å². The molecule has 0 aliphatic carbocycles. The van der Waals surface area contributed by atoms with Gasteiger partial charge in [-0.2, -0.15) is 0 Å². The number of benzene rings is 1. The highest BCUT2D eigenvalue weighted by molar-refractivity contribution is 7.90. The van der Waals surface area contributed by atoms with Gasteiger partial charge in [-0.3, -0.25) is 0 Å². The van der Waals surface area contributed by atoms with Crippen LogP contribution in [0.3, 0.4) is 0 Å². The average Bonchev–Trinajstić information content (AvgIpc) is 2.76. The highest BCUT2D eigenvalue weighted by atomic mass is 32.2. The van der Waals surface area contributed by atoms with Gasteiger partial charge in [-0.15, -0.1) is 0 Å². The van der Waals surface area contributed by atoms with Gasteiger partial charge in [0.05, 0.1) is 0 Å². The fourth-order valence-electron chi connectivity index (χ4n) is 1.47. The Morgan fingerprint density at radius 1 is 1.37 bits per heavy atom. The third kappa shape index (κ3) is 2.63. The van der Waals surface area contributed by atoms with Gasteiger partial charge < -0.3 is 9.63 Å². The highest BCUT2D eigenvalue weighted by Crippen LogP contribution is 2.24. The molecule has 100 valence electrons. The summed E-state index contributed by atoms with van der Waals surface area (Å²) in [6.07, 6.45) is 0.891. The van der Waals surface area contributed by atoms with E-state index in [1.807, 2.05) is 0 Å². The van der Waals surface area contributed by atoms with Gasteiger partial charge in [0.1, 0.15) is 10.7 Å². The number of rotatable bonds is 3. The number of carboxylic acids is 1. The van der Waals surface area contributed by atoms with Crippen LogP contribution < -0.4 is 0 Å². The molecule has 1 aromatic heterocycles. The van der Waals surface area contributed by atoms with Crippen LogP contribution in [0.25, 0.3) is 11.3 Å². The van der Waals surface area contributed by atoms with Gasteiger partial charge in [0.15, 0.2) is 21.3 Å². The van der Waals surface area contributed by atoms with Gasteiger partial charge >= 0.3 is 5.97 Å². The fourth-order valence-corrected chi connectivity index (χ4v) is 2.20. The monoisotopic (exact) mass is 285 g/mol. The molecule has 1 heterocycles. The standard InChI is InChI=1S/C11H8FNO5S/c1-19(16,17)10-3-2-6(4-7(10)12)9-5-8(11(14)15)13-18-9/h2-5H,1H3,(H,14,15). The summed E-state index contributed by atoms with van der Waals surface area (Å²) < 4.78 is 40.9. The van der Waals surface area contributed by atoms with E-state index in [4.69, 9.17) is 9.63 Å². The van der Waals surface area contributed by atoms with Crippen molar-refractivity contribution in [2.24, 2.45) is 0 Å². The van der Waals surface area contributed by atoms with Crippen LogP contribution in [0, 0.1) is 5.82 Å². The number of aromatic carboxylic acids is 1. The fraction of sp³-hybridized carbons (Fsp3) is 0.0909. The van der Waals surface area contributed by atoms with E-state index in [2.05, 4.69) is 5.16 Å². The number of hydrogen-bond acceptors (Lipinski definition) is 5. The van der Waals surface area contributed by atoms with Crippen molar-refractivity contribution in [1.29, 1.82) is 0 Å². The molecule has 2 rings (SSSR count). The molecule has 0 spiro atoms. The molecule has 1 N–H and O–H groups in total. The summed E-state index contributed by atoms with van der Waals surface area (Å²) in [5, 5.41) is 12.0. The molecule has 0 saturated heterocycles. The van der Waals surface area contributed by atoms with E-state index in [0.29, 0.717) is 0 Å². The molecule has 0 amide bonds. The summed E-state index contributed by atoms with van der Waals surface area (Å²) in [4.78, 5) is 10.2. The van der Waals surface area contributed by atoms with Crippen molar-refractivity contribution in [2.45, 2.75) is 4.90 Å². The lowest BCUT2D eigenvalue weighted by molar-refractivity contribution is 0.0686. The maximum atomic E-state index is 13.6. The Kier molecular flexibility index (Phi) is 3.11. The van der Waals surface area contributed by atoms with Crippen LogP contribution in [0.4, 0.5) is 4.39 Å². The molecule has 19 heavy (non-hydrogen) atoms. The summed E-state index contributed by atoms with van der Waals surface area (Å²) >= 11 is 0. The van der Waals surface area contributed by atoms with Crippen LogP contribution >= 0.6 is 0 Å². The number of nitrogens with zero attached hydrogens (tertiary/aromatic N) is 1. The van der Waals surface area contributed by atoms with Crippen molar-refractivity contribution in [2.75, 3.05) is 6.26 Å². The highest BCUT2D eigenvalue weighted by Gasteiger charge is 2.17. The lowest BCUT2D eigenvalue weighted by Gasteiger charge is -2.01. The quantitative estimate of drug-likeness (QED) is 0.919. The lowest BCUT2D eigenvalue weighted by Crippen LogP contribution is -2.00. The second-order valence-corrected chi connectivity index (χ2v) is 5.78. The van der Waals surface area contributed by atoms with Crippen molar-refractivity contribution < 1.29 is 27.2 Å². The minimum Gasteiger partial charge on any atom is -0.476 e. The van der Waals surface area contributed by atoms with Gasteiger partial charge in [0, 0.05) is 17.9 Å². The van der Waals surface area contributed by atoms with Gasteiger partial charge in [0.2, 0.25) is 0 Å². The Bertz CT molecular complexity index is 750. The molecule has 0 bridgehead atoms. The summed E-state index contributed by atoms with van der Waals surface area (Å²) in [6.45, 7) is 0. The third-order valence-electron chi connectivity index (χ3n) is 2.35. The molecule has 0 radical (unpaired) electrons. The number of halogens is 1. The van der Waals surface area contributed by atoms with Gasteiger partial charge in [-0.05, 0) is 18.2 Å². The number of sulfone groups is 1. The lowest BCUT2D eigenvalue weighted by atomic mass is 10.1. The van der Waals surface area contributed by atoms with Crippen molar-refractivity contribution in [3.05, 3.63) is 35.8 Å². The van der Waals surface area contributed by atoms with Crippen molar-refractivity contribution in [3.8, 4) is 11.3 Å². The first-order chi connectivity index (χ1) is 8.79. The Morgan fingerprint density at radius 2 is 2.05 bits per heavy atom. The van der Waals surface area contributed by atoms with Crippen molar-refractivity contribution in [3.63, 3.8) is 0 Å². The molecular weight excluding hydrogens is 277 g/mol. The second-order valence-electron chi connectivity index (χ2n) is 3.80. The van der Waals surface area contributed by atoms with E-state index in [-0.39, 0.29) is 17.0 Å². The summed E-state index contributed by atoms with van der Waals surface area (Å²) in [5.74, 6) is -2.17. The Labute approximate surface area is 107 Å². The first-order valence-electron chi connectivity index (χ1n) is 4.99. The molecular formula is C11H8FNO5S. The molecule has 1 aromatic carbocycles. The summed E-state index contributed by atoms with van der Waals surface area (Å²) in [6, 6.07) is 4.47. The van der Waals surface area contributed by atoms with Crippen LogP contribution in [-0.2, 0) is 9.84 Å². The zero-order valence-electron chi connectivity index (χ0n) is 9.62. The Balaban J connectivity index is 2.47. The maximum Gasteiger partial charge on any atom is 0.358 e. The SMILES string of the molecule is CS(=O)(=O)c1ccc(-c2cc(C(=O)O)no2)cc1F. The van der Waals surface area contributed by atoms with Crippen molar-refractivity contribution >= 4 is 15.8 Å². The maximum absolute atomic E-state index is 13.6. The Hall–Kier alpha value is -2.22. The van der Waals surface area contributed by atoms with Crippen LogP contribution in [0.15, 0.2) is 33.7 Å². The van der Waals surface area contributed by atoms with E-state index >= 15 is 0 Å². The molecule has 6 nitrogen and oxygen atoms in total. The first-order valence-corrected chi connectivity index (χ1v) is 6.88. The zero-order valence-corrected chi connectivity index (χ0v) is 10.4. The van der Waals surface area contributed by atoms with Crippen molar-refractivity contribution in [1.82, 2.24) is 5.16 Å². The molecule has 0 aliphatic heterocycles. The third-order valence-corrected chi connectivity index (χ3v) is 3.48. The van der Waals surface area contributed by atoms with Crippen LogP contribution in [0.1, 0.15) is 10.5 Å². The smallest absolute Gasteiger partial charge is 0.358 e. The van der Waals surface area contributed by atoms with E-state index in [9.17, 15) is 17.6 Å². The average molecular weight is 285 g/mol.